The third kappa shape index (κ3) is 2.15. The fourth-order valence-electron chi connectivity index (χ4n) is 2.01. The molecule has 1 aromatic rings. The van der Waals surface area contributed by atoms with Gasteiger partial charge in [-0.3, -0.25) is 0 Å². The number of nitrogens with zero attached hydrogens (tertiary/aromatic N) is 1. The number of rotatable bonds is 1. The first-order chi connectivity index (χ1) is 7.09. The van der Waals surface area contributed by atoms with E-state index in [4.69, 9.17) is 0 Å². The van der Waals surface area contributed by atoms with Crippen LogP contribution < -0.4 is 4.90 Å². The van der Waals surface area contributed by atoms with Crippen molar-refractivity contribution in [3.05, 3.63) is 30.3 Å². The maximum absolute atomic E-state index is 10.0. The van der Waals surface area contributed by atoms with Gasteiger partial charge in [0.2, 0.25) is 0 Å². The van der Waals surface area contributed by atoms with Crippen molar-refractivity contribution < 1.29 is 5.11 Å². The first-order valence-electron chi connectivity index (χ1n) is 5.58. The number of hydrogen-bond donors (Lipinski definition) is 1. The molecule has 0 saturated carbocycles. The largest absolute Gasteiger partial charge is 0.391 e. The lowest BCUT2D eigenvalue weighted by Gasteiger charge is -2.42. The Hall–Kier alpha value is -1.02. The summed E-state index contributed by atoms with van der Waals surface area (Å²) in [6.45, 7) is 6.06. The zero-order chi connectivity index (χ0) is 10.9. The predicted molar refractivity (Wildman–Crippen MR) is 63.1 cm³/mol. The van der Waals surface area contributed by atoms with E-state index in [0.29, 0.717) is 0 Å². The van der Waals surface area contributed by atoms with E-state index >= 15 is 0 Å². The molecule has 82 valence electrons. The number of piperidine rings is 1. The lowest BCUT2D eigenvalue weighted by molar-refractivity contribution is 0.0351. The molecule has 1 atom stereocenters. The van der Waals surface area contributed by atoms with Gasteiger partial charge in [-0.1, -0.05) is 32.0 Å². The number of aliphatic hydroxyl groups excluding tert-OH is 1. The quantitative estimate of drug-likeness (QED) is 0.760. The van der Waals surface area contributed by atoms with Crippen LogP contribution in [0.4, 0.5) is 5.69 Å². The standard InChI is InChI=1S/C13H19NO/c1-13(2)8-9-14(10-12(13)15)11-6-4-3-5-7-11/h3-7,12,15H,8-10H2,1-2H3. The summed E-state index contributed by atoms with van der Waals surface area (Å²) in [5.41, 5.74) is 1.28. The number of anilines is 1. The normalized spacial score (nSPS) is 25.3. The van der Waals surface area contributed by atoms with Crippen LogP contribution in [0.15, 0.2) is 30.3 Å². The molecule has 0 bridgehead atoms. The van der Waals surface area contributed by atoms with E-state index in [1.807, 2.05) is 18.2 Å². The molecule has 0 spiro atoms. The Kier molecular flexibility index (Phi) is 2.70. The van der Waals surface area contributed by atoms with Gasteiger partial charge in [0.15, 0.2) is 0 Å². The molecule has 15 heavy (non-hydrogen) atoms. The first-order valence-corrected chi connectivity index (χ1v) is 5.58. The van der Waals surface area contributed by atoms with E-state index in [0.717, 1.165) is 19.5 Å². The summed E-state index contributed by atoms with van der Waals surface area (Å²) < 4.78 is 0. The third-order valence-electron chi connectivity index (χ3n) is 3.44. The molecule has 1 saturated heterocycles. The SMILES string of the molecule is CC1(C)CCN(c2ccccc2)CC1O. The predicted octanol–water partition coefficient (Wildman–Crippen LogP) is 2.28. The molecule has 2 nitrogen and oxygen atoms in total. The van der Waals surface area contributed by atoms with E-state index in [2.05, 4.69) is 30.9 Å². The highest BCUT2D eigenvalue weighted by molar-refractivity contribution is 5.46. The number of β-amino-alcohol motifs (C(OH)–C–C–N with tert-alkyl or cyclic N) is 1. The molecule has 1 aliphatic heterocycles. The van der Waals surface area contributed by atoms with Gasteiger partial charge in [-0.25, -0.2) is 0 Å². The highest BCUT2D eigenvalue weighted by atomic mass is 16.3. The molecule has 1 unspecified atom stereocenters. The monoisotopic (exact) mass is 205 g/mol. The van der Waals surface area contributed by atoms with Gasteiger partial charge in [0.1, 0.15) is 0 Å². The molecule has 1 aliphatic rings. The van der Waals surface area contributed by atoms with Crippen molar-refractivity contribution in [2.75, 3.05) is 18.0 Å². The third-order valence-corrected chi connectivity index (χ3v) is 3.44. The number of para-hydroxylation sites is 1. The van der Waals surface area contributed by atoms with Crippen LogP contribution in [0.5, 0.6) is 0 Å². The van der Waals surface area contributed by atoms with Crippen molar-refractivity contribution in [2.24, 2.45) is 5.41 Å². The maximum Gasteiger partial charge on any atom is 0.0766 e. The molecule has 0 aromatic heterocycles. The van der Waals surface area contributed by atoms with Crippen LogP contribution in [-0.2, 0) is 0 Å². The number of benzene rings is 1. The summed E-state index contributed by atoms with van der Waals surface area (Å²) in [7, 11) is 0. The van der Waals surface area contributed by atoms with Crippen molar-refractivity contribution in [2.45, 2.75) is 26.4 Å². The van der Waals surface area contributed by atoms with Gasteiger partial charge in [-0.2, -0.15) is 0 Å². The highest BCUT2D eigenvalue weighted by Gasteiger charge is 2.33. The molecular weight excluding hydrogens is 186 g/mol. The second kappa shape index (κ2) is 3.86. The summed E-state index contributed by atoms with van der Waals surface area (Å²) in [5.74, 6) is 0. The Morgan fingerprint density at radius 3 is 2.53 bits per heavy atom. The van der Waals surface area contributed by atoms with Crippen LogP contribution in [0.25, 0.3) is 0 Å². The summed E-state index contributed by atoms with van der Waals surface area (Å²) in [6, 6.07) is 10.3. The Morgan fingerprint density at radius 1 is 1.27 bits per heavy atom. The minimum Gasteiger partial charge on any atom is -0.391 e. The number of aliphatic hydroxyl groups is 1. The fraction of sp³-hybridized carbons (Fsp3) is 0.538. The van der Waals surface area contributed by atoms with Crippen molar-refractivity contribution >= 4 is 5.69 Å². The molecule has 0 aliphatic carbocycles. The van der Waals surface area contributed by atoms with Gasteiger partial charge >= 0.3 is 0 Å². The van der Waals surface area contributed by atoms with Crippen LogP contribution in [0, 0.1) is 5.41 Å². The van der Waals surface area contributed by atoms with Gasteiger partial charge in [-0.15, -0.1) is 0 Å². The van der Waals surface area contributed by atoms with Crippen molar-refractivity contribution in [3.63, 3.8) is 0 Å². The van der Waals surface area contributed by atoms with Crippen LogP contribution in [0.3, 0.4) is 0 Å². The van der Waals surface area contributed by atoms with Crippen molar-refractivity contribution in [1.29, 1.82) is 0 Å². The van der Waals surface area contributed by atoms with Crippen LogP contribution >= 0.6 is 0 Å². The zero-order valence-electron chi connectivity index (χ0n) is 9.48. The van der Waals surface area contributed by atoms with E-state index in [1.165, 1.54) is 5.69 Å². The Labute approximate surface area is 91.5 Å². The summed E-state index contributed by atoms with van der Waals surface area (Å²) in [4.78, 5) is 2.26. The Bertz CT molecular complexity index is 321. The molecule has 2 heteroatoms. The lowest BCUT2D eigenvalue weighted by Crippen LogP contribution is -2.48. The van der Waals surface area contributed by atoms with E-state index in [1.54, 1.807) is 0 Å². The minimum atomic E-state index is -0.230. The van der Waals surface area contributed by atoms with E-state index in [-0.39, 0.29) is 11.5 Å². The molecule has 1 N–H and O–H groups in total. The average molecular weight is 205 g/mol. The average Bonchev–Trinajstić information content (AvgIpc) is 2.23. The smallest absolute Gasteiger partial charge is 0.0766 e. The topological polar surface area (TPSA) is 23.5 Å². The Balaban J connectivity index is 2.10. The second-order valence-electron chi connectivity index (χ2n) is 5.04. The number of hydrogen-bond acceptors (Lipinski definition) is 2. The van der Waals surface area contributed by atoms with Gasteiger partial charge in [0.05, 0.1) is 6.10 Å². The molecule has 1 aromatic carbocycles. The van der Waals surface area contributed by atoms with Gasteiger partial charge in [0.25, 0.3) is 0 Å². The van der Waals surface area contributed by atoms with Gasteiger partial charge < -0.3 is 10.0 Å². The summed E-state index contributed by atoms with van der Waals surface area (Å²) >= 11 is 0. The Morgan fingerprint density at radius 2 is 1.93 bits per heavy atom. The van der Waals surface area contributed by atoms with Crippen LogP contribution in [0.2, 0.25) is 0 Å². The highest BCUT2D eigenvalue weighted by Crippen LogP contribution is 2.32. The zero-order valence-corrected chi connectivity index (χ0v) is 9.48. The fourth-order valence-corrected chi connectivity index (χ4v) is 2.01. The molecule has 0 radical (unpaired) electrons. The van der Waals surface area contributed by atoms with Crippen LogP contribution in [-0.4, -0.2) is 24.3 Å². The van der Waals surface area contributed by atoms with E-state index in [9.17, 15) is 5.11 Å². The van der Waals surface area contributed by atoms with Gasteiger partial charge in [-0.05, 0) is 24.0 Å². The van der Waals surface area contributed by atoms with Crippen LogP contribution in [0.1, 0.15) is 20.3 Å². The minimum absolute atomic E-state index is 0.0608. The maximum atomic E-state index is 10.0. The molecule has 1 heterocycles. The summed E-state index contributed by atoms with van der Waals surface area (Å²) in [5, 5.41) is 10.0. The molecule has 2 rings (SSSR count). The molecule has 0 amide bonds. The van der Waals surface area contributed by atoms with Gasteiger partial charge in [0, 0.05) is 18.8 Å². The summed E-state index contributed by atoms with van der Waals surface area (Å²) in [6.07, 6.45) is 0.815. The first kappa shape index (κ1) is 10.5. The van der Waals surface area contributed by atoms with E-state index < -0.39 is 0 Å². The molecule has 1 fully saturated rings. The molecular formula is C13H19NO. The lowest BCUT2D eigenvalue weighted by atomic mass is 9.80. The second-order valence-corrected chi connectivity index (χ2v) is 5.04. The van der Waals surface area contributed by atoms with Crippen molar-refractivity contribution in [3.8, 4) is 0 Å². The van der Waals surface area contributed by atoms with Crippen molar-refractivity contribution in [1.82, 2.24) is 0 Å².